The Hall–Kier alpha value is -2.54. The molecule has 0 N–H and O–H groups in total. The fourth-order valence-corrected chi connectivity index (χ4v) is 3.97. The van der Waals surface area contributed by atoms with E-state index in [1.165, 1.54) is 0 Å². The molecule has 4 rings (SSSR count). The molecule has 2 fully saturated rings. The molecule has 138 valence electrons. The van der Waals surface area contributed by atoms with E-state index in [0.717, 1.165) is 43.1 Å². The third-order valence-electron chi connectivity index (χ3n) is 5.50. The van der Waals surface area contributed by atoms with Gasteiger partial charge in [0.05, 0.1) is 18.3 Å². The lowest BCUT2D eigenvalue weighted by Crippen LogP contribution is -2.60. The first kappa shape index (κ1) is 16.9. The molecule has 0 aliphatic carbocycles. The van der Waals surface area contributed by atoms with Crippen LogP contribution in [0, 0.1) is 0 Å². The number of methoxy groups -OCH3 is 1. The van der Waals surface area contributed by atoms with Crippen LogP contribution in [0.15, 0.2) is 36.7 Å². The van der Waals surface area contributed by atoms with Gasteiger partial charge in [0.2, 0.25) is 0 Å². The van der Waals surface area contributed by atoms with Gasteiger partial charge in [0.1, 0.15) is 12.4 Å². The molecular formula is C19H24N4O3. The molecule has 1 aromatic heterocycles. The minimum atomic E-state index is -0.208. The number of fused-ring (bicyclic) bond motifs is 1. The first-order chi connectivity index (χ1) is 12.6. The summed E-state index contributed by atoms with van der Waals surface area (Å²) in [6.45, 7) is 5.71. The molecule has 7 heteroatoms. The minimum absolute atomic E-state index is 0.176. The molecule has 0 spiro atoms. The third-order valence-corrected chi connectivity index (χ3v) is 5.50. The van der Waals surface area contributed by atoms with Crippen molar-refractivity contribution in [1.82, 2.24) is 19.6 Å². The molecule has 26 heavy (non-hydrogen) atoms. The van der Waals surface area contributed by atoms with Gasteiger partial charge in [-0.25, -0.2) is 9.48 Å². The van der Waals surface area contributed by atoms with Crippen LogP contribution in [0.3, 0.4) is 0 Å². The van der Waals surface area contributed by atoms with E-state index >= 15 is 0 Å². The van der Waals surface area contributed by atoms with Crippen molar-refractivity contribution < 1.29 is 14.3 Å². The topological polar surface area (TPSA) is 59.8 Å². The van der Waals surface area contributed by atoms with Crippen LogP contribution >= 0.6 is 0 Å². The summed E-state index contributed by atoms with van der Waals surface area (Å²) in [5, 5.41) is 4.37. The number of carbonyl (C=O) groups excluding carboxylic acids is 1. The number of ether oxygens (including phenoxy) is 2. The molecular weight excluding hydrogens is 332 g/mol. The van der Waals surface area contributed by atoms with Crippen molar-refractivity contribution in [2.45, 2.75) is 25.4 Å². The summed E-state index contributed by atoms with van der Waals surface area (Å²) >= 11 is 0. The summed E-state index contributed by atoms with van der Waals surface area (Å²) in [5.41, 5.74) is 1.99. The van der Waals surface area contributed by atoms with Gasteiger partial charge in [-0.05, 0) is 36.2 Å². The predicted molar refractivity (Wildman–Crippen MR) is 96.5 cm³/mol. The molecule has 1 unspecified atom stereocenters. The van der Waals surface area contributed by atoms with Crippen LogP contribution in [-0.4, -0.2) is 64.6 Å². The Labute approximate surface area is 153 Å². The lowest BCUT2D eigenvalue weighted by atomic mass is 9.92. The van der Waals surface area contributed by atoms with Crippen LogP contribution in [0.2, 0.25) is 0 Å². The number of cyclic esters (lactones) is 1. The zero-order valence-electron chi connectivity index (χ0n) is 15.2. The molecule has 1 aromatic carbocycles. The zero-order chi connectivity index (χ0) is 18.1. The number of nitrogens with zero attached hydrogens (tertiary/aromatic N) is 4. The lowest BCUT2D eigenvalue weighted by Gasteiger charge is -2.44. The number of aromatic nitrogens is 2. The monoisotopic (exact) mass is 356 g/mol. The number of carbonyl (C=O) groups is 1. The predicted octanol–water partition coefficient (Wildman–Crippen LogP) is 2.30. The Kier molecular flexibility index (Phi) is 4.32. The zero-order valence-corrected chi connectivity index (χ0v) is 15.2. The number of amides is 1. The van der Waals surface area contributed by atoms with Gasteiger partial charge in [0, 0.05) is 38.6 Å². The molecule has 2 aliphatic rings. The van der Waals surface area contributed by atoms with E-state index in [4.69, 9.17) is 9.47 Å². The maximum atomic E-state index is 12.0. The number of hydrogen-bond acceptors (Lipinski definition) is 5. The van der Waals surface area contributed by atoms with Crippen molar-refractivity contribution in [2.24, 2.45) is 0 Å². The number of piperazine rings is 1. The smallest absolute Gasteiger partial charge is 0.410 e. The quantitative estimate of drug-likeness (QED) is 0.823. The van der Waals surface area contributed by atoms with Crippen molar-refractivity contribution in [3.05, 3.63) is 42.2 Å². The fourth-order valence-electron chi connectivity index (χ4n) is 3.97. The normalized spacial score (nSPS) is 23.0. The standard InChI is InChI=1S/C19H24N4O3/c1-3-19-13-21(9-10-22(19)18(24)26-14-19)12-15-11-16(25-2)5-6-17(15)23-8-4-7-20-23/h4-8,11H,3,9-10,12-14H2,1-2H3. The third kappa shape index (κ3) is 2.82. The average molecular weight is 356 g/mol. The van der Waals surface area contributed by atoms with Crippen molar-refractivity contribution in [2.75, 3.05) is 33.4 Å². The Morgan fingerprint density at radius 1 is 1.35 bits per heavy atom. The van der Waals surface area contributed by atoms with Crippen LogP contribution in [0.5, 0.6) is 5.75 Å². The van der Waals surface area contributed by atoms with E-state index in [1.54, 1.807) is 13.3 Å². The molecule has 7 nitrogen and oxygen atoms in total. The maximum absolute atomic E-state index is 12.0. The summed E-state index contributed by atoms with van der Waals surface area (Å²) in [4.78, 5) is 16.3. The van der Waals surface area contributed by atoms with E-state index in [0.29, 0.717) is 13.2 Å². The Morgan fingerprint density at radius 2 is 2.23 bits per heavy atom. The van der Waals surface area contributed by atoms with Gasteiger partial charge in [-0.2, -0.15) is 5.10 Å². The van der Waals surface area contributed by atoms with Gasteiger partial charge >= 0.3 is 6.09 Å². The molecule has 1 amide bonds. The Morgan fingerprint density at radius 3 is 2.96 bits per heavy atom. The first-order valence-corrected chi connectivity index (χ1v) is 8.99. The molecule has 0 bridgehead atoms. The number of benzene rings is 1. The maximum Gasteiger partial charge on any atom is 0.410 e. The van der Waals surface area contributed by atoms with Crippen LogP contribution in [0.1, 0.15) is 18.9 Å². The molecule has 1 atom stereocenters. The van der Waals surface area contributed by atoms with E-state index in [9.17, 15) is 4.79 Å². The summed E-state index contributed by atoms with van der Waals surface area (Å²) < 4.78 is 12.6. The average Bonchev–Trinajstić information content (AvgIpc) is 3.30. The lowest BCUT2D eigenvalue weighted by molar-refractivity contribution is 0.0449. The van der Waals surface area contributed by atoms with Crippen molar-refractivity contribution in [3.63, 3.8) is 0 Å². The highest BCUT2D eigenvalue weighted by Gasteiger charge is 2.49. The van der Waals surface area contributed by atoms with Crippen molar-refractivity contribution in [1.29, 1.82) is 0 Å². The van der Waals surface area contributed by atoms with Gasteiger partial charge in [0.25, 0.3) is 0 Å². The van der Waals surface area contributed by atoms with Crippen LogP contribution in [0.4, 0.5) is 4.79 Å². The Bertz CT molecular complexity index is 792. The van der Waals surface area contributed by atoms with Crippen molar-refractivity contribution in [3.8, 4) is 11.4 Å². The number of hydrogen-bond donors (Lipinski definition) is 0. The van der Waals surface area contributed by atoms with E-state index in [2.05, 4.69) is 23.0 Å². The Balaban J connectivity index is 1.60. The van der Waals surface area contributed by atoms with Gasteiger partial charge in [0.15, 0.2) is 0 Å². The highest BCUT2D eigenvalue weighted by atomic mass is 16.6. The summed E-state index contributed by atoms with van der Waals surface area (Å²) in [6.07, 6.45) is 4.44. The fraction of sp³-hybridized carbons (Fsp3) is 0.474. The highest BCUT2D eigenvalue weighted by Crippen LogP contribution is 2.33. The van der Waals surface area contributed by atoms with Crippen molar-refractivity contribution >= 4 is 6.09 Å². The number of rotatable bonds is 5. The second-order valence-corrected chi connectivity index (χ2v) is 6.94. The largest absolute Gasteiger partial charge is 0.497 e. The van der Waals surface area contributed by atoms with E-state index < -0.39 is 0 Å². The molecule has 0 saturated carbocycles. The molecule has 2 aliphatic heterocycles. The van der Waals surface area contributed by atoms with Gasteiger partial charge in [-0.15, -0.1) is 0 Å². The summed E-state index contributed by atoms with van der Waals surface area (Å²) in [5.74, 6) is 0.833. The molecule has 2 aromatic rings. The highest BCUT2D eigenvalue weighted by molar-refractivity contribution is 5.71. The first-order valence-electron chi connectivity index (χ1n) is 8.99. The van der Waals surface area contributed by atoms with E-state index in [1.807, 2.05) is 34.0 Å². The van der Waals surface area contributed by atoms with Crippen LogP contribution < -0.4 is 4.74 Å². The molecule has 2 saturated heterocycles. The van der Waals surface area contributed by atoms with Gasteiger partial charge in [-0.3, -0.25) is 9.80 Å². The minimum Gasteiger partial charge on any atom is -0.497 e. The van der Waals surface area contributed by atoms with Gasteiger partial charge < -0.3 is 9.47 Å². The van der Waals surface area contributed by atoms with E-state index in [-0.39, 0.29) is 11.6 Å². The second kappa shape index (κ2) is 6.64. The summed E-state index contributed by atoms with van der Waals surface area (Å²) in [7, 11) is 1.68. The van der Waals surface area contributed by atoms with Crippen LogP contribution in [-0.2, 0) is 11.3 Å². The van der Waals surface area contributed by atoms with Crippen LogP contribution in [0.25, 0.3) is 5.69 Å². The SMILES string of the molecule is CCC12COC(=O)N1CCN(Cc1cc(OC)ccc1-n1cccn1)C2. The molecule has 3 heterocycles. The molecule has 0 radical (unpaired) electrons. The second-order valence-electron chi connectivity index (χ2n) is 6.94. The van der Waals surface area contributed by atoms with Gasteiger partial charge in [-0.1, -0.05) is 6.92 Å². The summed E-state index contributed by atoms with van der Waals surface area (Å²) in [6, 6.07) is 7.98.